The lowest BCUT2D eigenvalue weighted by Gasteiger charge is -2.04. The smallest absolute Gasteiger partial charge is 0.128 e. The van der Waals surface area contributed by atoms with Crippen molar-refractivity contribution in [1.82, 2.24) is 9.55 Å². The Morgan fingerprint density at radius 2 is 2.25 bits per heavy atom. The second kappa shape index (κ2) is 4.76. The molecule has 1 aromatic carbocycles. The van der Waals surface area contributed by atoms with E-state index in [2.05, 4.69) is 20.9 Å². The standard InChI is InChI=1S/C11H10BrFN2O/c12-9-1-2-11(13)8(3-9)4-15-5-10(6-16)14-7-15/h1-3,5,7,16H,4,6H2. The topological polar surface area (TPSA) is 38.0 Å². The van der Waals surface area contributed by atoms with E-state index in [0.717, 1.165) is 4.47 Å². The Morgan fingerprint density at radius 1 is 1.44 bits per heavy atom. The van der Waals surface area contributed by atoms with Crippen LogP contribution in [0.2, 0.25) is 0 Å². The Hall–Kier alpha value is -1.20. The van der Waals surface area contributed by atoms with Crippen molar-refractivity contribution in [3.8, 4) is 0 Å². The third-order valence-electron chi connectivity index (χ3n) is 2.21. The van der Waals surface area contributed by atoms with Gasteiger partial charge in [-0.1, -0.05) is 15.9 Å². The molecule has 2 rings (SSSR count). The minimum Gasteiger partial charge on any atom is -0.390 e. The summed E-state index contributed by atoms with van der Waals surface area (Å²) in [7, 11) is 0. The number of rotatable bonds is 3. The summed E-state index contributed by atoms with van der Waals surface area (Å²) in [6.45, 7) is 0.298. The number of benzene rings is 1. The first-order chi connectivity index (χ1) is 7.69. The zero-order chi connectivity index (χ0) is 11.5. The van der Waals surface area contributed by atoms with E-state index in [1.807, 2.05) is 0 Å². The molecule has 3 nitrogen and oxygen atoms in total. The maximum absolute atomic E-state index is 13.4. The van der Waals surface area contributed by atoms with E-state index >= 15 is 0 Å². The molecule has 0 spiro atoms. The van der Waals surface area contributed by atoms with Crippen molar-refractivity contribution < 1.29 is 9.50 Å². The summed E-state index contributed by atoms with van der Waals surface area (Å²) >= 11 is 3.30. The minimum absolute atomic E-state index is 0.103. The van der Waals surface area contributed by atoms with Gasteiger partial charge in [0.25, 0.3) is 0 Å². The van der Waals surface area contributed by atoms with Crippen molar-refractivity contribution in [1.29, 1.82) is 0 Å². The Morgan fingerprint density at radius 3 is 2.94 bits per heavy atom. The summed E-state index contributed by atoms with van der Waals surface area (Å²) < 4.78 is 16.0. The fourth-order valence-electron chi connectivity index (χ4n) is 1.44. The number of aliphatic hydroxyl groups is 1. The monoisotopic (exact) mass is 284 g/mol. The lowest BCUT2D eigenvalue weighted by atomic mass is 10.2. The van der Waals surface area contributed by atoms with E-state index in [-0.39, 0.29) is 12.4 Å². The largest absolute Gasteiger partial charge is 0.390 e. The van der Waals surface area contributed by atoms with Crippen LogP contribution in [0.25, 0.3) is 0 Å². The predicted molar refractivity (Wildman–Crippen MR) is 61.4 cm³/mol. The third kappa shape index (κ3) is 2.48. The number of aromatic nitrogens is 2. The van der Waals surface area contributed by atoms with Gasteiger partial charge in [0.2, 0.25) is 0 Å². The van der Waals surface area contributed by atoms with Crippen LogP contribution in [-0.4, -0.2) is 14.7 Å². The molecule has 2 aromatic rings. The van der Waals surface area contributed by atoms with Crippen LogP contribution >= 0.6 is 15.9 Å². The molecule has 1 N–H and O–H groups in total. The summed E-state index contributed by atoms with van der Waals surface area (Å²) in [5, 5.41) is 8.86. The van der Waals surface area contributed by atoms with Gasteiger partial charge < -0.3 is 9.67 Å². The molecule has 84 valence electrons. The summed E-state index contributed by atoms with van der Waals surface area (Å²) in [6, 6.07) is 4.81. The molecule has 0 aliphatic rings. The van der Waals surface area contributed by atoms with Crippen LogP contribution in [0.4, 0.5) is 4.39 Å². The zero-order valence-corrected chi connectivity index (χ0v) is 9.98. The maximum atomic E-state index is 13.4. The summed E-state index contributed by atoms with van der Waals surface area (Å²) in [5.74, 6) is -0.248. The second-order valence-electron chi connectivity index (χ2n) is 3.43. The summed E-state index contributed by atoms with van der Waals surface area (Å²) in [5.41, 5.74) is 1.16. The number of hydrogen-bond acceptors (Lipinski definition) is 2. The van der Waals surface area contributed by atoms with Gasteiger partial charge in [-0.2, -0.15) is 0 Å². The number of nitrogens with zero attached hydrogens (tertiary/aromatic N) is 2. The third-order valence-corrected chi connectivity index (χ3v) is 2.70. The SMILES string of the molecule is OCc1cn(Cc2cc(Br)ccc2F)cn1. The molecule has 0 unspecified atom stereocenters. The van der Waals surface area contributed by atoms with Gasteiger partial charge in [-0.3, -0.25) is 0 Å². The highest BCUT2D eigenvalue weighted by Gasteiger charge is 2.04. The average Bonchev–Trinajstić information content (AvgIpc) is 2.71. The van der Waals surface area contributed by atoms with Crippen LogP contribution in [0.3, 0.4) is 0 Å². The van der Waals surface area contributed by atoms with E-state index in [0.29, 0.717) is 17.8 Å². The van der Waals surface area contributed by atoms with Gasteiger partial charge in [0.05, 0.1) is 25.2 Å². The lowest BCUT2D eigenvalue weighted by Crippen LogP contribution is -1.99. The van der Waals surface area contributed by atoms with Crippen molar-refractivity contribution in [3.05, 3.63) is 52.3 Å². The molecule has 0 amide bonds. The molecule has 16 heavy (non-hydrogen) atoms. The molecular formula is C11H10BrFN2O. The van der Waals surface area contributed by atoms with Crippen molar-refractivity contribution >= 4 is 15.9 Å². The molecular weight excluding hydrogens is 275 g/mol. The summed E-state index contributed by atoms with van der Waals surface area (Å²) in [4.78, 5) is 3.96. The molecule has 0 radical (unpaired) electrons. The minimum atomic E-state index is -0.248. The highest BCUT2D eigenvalue weighted by atomic mass is 79.9. The number of halogens is 2. The first kappa shape index (κ1) is 11.3. The first-order valence-corrected chi connectivity index (χ1v) is 5.54. The highest BCUT2D eigenvalue weighted by molar-refractivity contribution is 9.10. The van der Waals surface area contributed by atoms with E-state index < -0.39 is 0 Å². The lowest BCUT2D eigenvalue weighted by molar-refractivity contribution is 0.277. The van der Waals surface area contributed by atoms with Crippen molar-refractivity contribution in [2.75, 3.05) is 0 Å². The van der Waals surface area contributed by atoms with Gasteiger partial charge in [-0.25, -0.2) is 9.37 Å². The van der Waals surface area contributed by atoms with Crippen LogP contribution in [0.5, 0.6) is 0 Å². The van der Waals surface area contributed by atoms with Gasteiger partial charge in [0.15, 0.2) is 0 Å². The Bertz CT molecular complexity index is 498. The Balaban J connectivity index is 2.22. The van der Waals surface area contributed by atoms with Gasteiger partial charge in [-0.15, -0.1) is 0 Å². The quantitative estimate of drug-likeness (QED) is 0.940. The molecule has 0 saturated carbocycles. The van der Waals surface area contributed by atoms with Gasteiger partial charge in [0, 0.05) is 16.2 Å². The molecule has 0 fully saturated rings. The normalized spacial score (nSPS) is 10.7. The van der Waals surface area contributed by atoms with E-state index in [1.165, 1.54) is 6.07 Å². The molecule has 1 heterocycles. The van der Waals surface area contributed by atoms with Gasteiger partial charge >= 0.3 is 0 Å². The number of hydrogen-bond donors (Lipinski definition) is 1. The molecule has 1 aromatic heterocycles. The van der Waals surface area contributed by atoms with Crippen LogP contribution < -0.4 is 0 Å². The average molecular weight is 285 g/mol. The molecule has 0 saturated heterocycles. The van der Waals surface area contributed by atoms with E-state index in [9.17, 15) is 4.39 Å². The zero-order valence-electron chi connectivity index (χ0n) is 8.40. The summed E-state index contributed by atoms with van der Waals surface area (Å²) in [6.07, 6.45) is 3.27. The van der Waals surface area contributed by atoms with Crippen LogP contribution in [0.1, 0.15) is 11.3 Å². The number of aliphatic hydroxyl groups excluding tert-OH is 1. The molecule has 5 heteroatoms. The van der Waals surface area contributed by atoms with E-state index in [4.69, 9.17) is 5.11 Å². The van der Waals surface area contributed by atoms with Gasteiger partial charge in [0.1, 0.15) is 5.82 Å². The van der Waals surface area contributed by atoms with Crippen molar-refractivity contribution in [3.63, 3.8) is 0 Å². The predicted octanol–water partition coefficient (Wildman–Crippen LogP) is 2.33. The first-order valence-electron chi connectivity index (χ1n) is 4.74. The fourth-order valence-corrected chi connectivity index (χ4v) is 1.84. The Labute approximate surface area is 101 Å². The molecule has 0 bridgehead atoms. The molecule has 0 aliphatic carbocycles. The number of imidazole rings is 1. The van der Waals surface area contributed by atoms with Crippen LogP contribution in [-0.2, 0) is 13.2 Å². The maximum Gasteiger partial charge on any atom is 0.128 e. The fraction of sp³-hybridized carbons (Fsp3) is 0.182. The van der Waals surface area contributed by atoms with Crippen molar-refractivity contribution in [2.45, 2.75) is 13.2 Å². The second-order valence-corrected chi connectivity index (χ2v) is 4.35. The van der Waals surface area contributed by atoms with Crippen LogP contribution in [0, 0.1) is 5.82 Å². The van der Waals surface area contributed by atoms with Crippen LogP contribution in [0.15, 0.2) is 35.2 Å². The van der Waals surface area contributed by atoms with Gasteiger partial charge in [-0.05, 0) is 18.2 Å². The van der Waals surface area contributed by atoms with Crippen molar-refractivity contribution in [2.24, 2.45) is 0 Å². The molecule has 0 atom stereocenters. The molecule has 0 aliphatic heterocycles. The van der Waals surface area contributed by atoms with E-state index in [1.54, 1.807) is 29.2 Å². The highest BCUT2D eigenvalue weighted by Crippen LogP contribution is 2.16. The Kier molecular flexibility index (Phi) is 3.36.